The Morgan fingerprint density at radius 1 is 1.36 bits per heavy atom. The van der Waals surface area contributed by atoms with E-state index < -0.39 is 0 Å². The van der Waals surface area contributed by atoms with Gasteiger partial charge in [0, 0.05) is 19.5 Å². The van der Waals surface area contributed by atoms with Crippen LogP contribution in [0.5, 0.6) is 5.75 Å². The first-order valence-electron chi connectivity index (χ1n) is 8.00. The summed E-state index contributed by atoms with van der Waals surface area (Å²) < 4.78 is 5.61. The lowest BCUT2D eigenvalue weighted by molar-refractivity contribution is -0.132. The Morgan fingerprint density at radius 2 is 2.09 bits per heavy atom. The summed E-state index contributed by atoms with van der Waals surface area (Å²) in [6.45, 7) is 3.34. The SMILES string of the molecule is CNCC1CCN(C(=O)CCCOc2ccccc2Cl)CC1. The van der Waals surface area contributed by atoms with Crippen molar-refractivity contribution in [2.24, 2.45) is 5.92 Å². The van der Waals surface area contributed by atoms with E-state index in [2.05, 4.69) is 5.32 Å². The van der Waals surface area contributed by atoms with Crippen LogP contribution in [0.25, 0.3) is 0 Å². The molecule has 4 nitrogen and oxygen atoms in total. The highest BCUT2D eigenvalue weighted by Gasteiger charge is 2.21. The number of para-hydroxylation sites is 1. The van der Waals surface area contributed by atoms with Crippen LogP contribution in [0.15, 0.2) is 24.3 Å². The number of halogens is 1. The summed E-state index contributed by atoms with van der Waals surface area (Å²) in [5.41, 5.74) is 0. The van der Waals surface area contributed by atoms with Gasteiger partial charge in [-0.25, -0.2) is 0 Å². The van der Waals surface area contributed by atoms with Crippen LogP contribution in [-0.2, 0) is 4.79 Å². The van der Waals surface area contributed by atoms with Gasteiger partial charge >= 0.3 is 0 Å². The number of nitrogens with zero attached hydrogens (tertiary/aromatic N) is 1. The van der Waals surface area contributed by atoms with E-state index in [1.165, 1.54) is 0 Å². The molecule has 0 aromatic heterocycles. The van der Waals surface area contributed by atoms with Gasteiger partial charge in [-0.15, -0.1) is 0 Å². The first kappa shape index (κ1) is 17.1. The fraction of sp³-hybridized carbons (Fsp3) is 0.588. The van der Waals surface area contributed by atoms with Crippen LogP contribution >= 0.6 is 11.6 Å². The molecule has 0 aliphatic carbocycles. The van der Waals surface area contributed by atoms with E-state index in [1.807, 2.05) is 30.1 Å². The second-order valence-corrected chi connectivity index (χ2v) is 6.17. The average molecular weight is 325 g/mol. The summed E-state index contributed by atoms with van der Waals surface area (Å²) in [6, 6.07) is 7.41. The summed E-state index contributed by atoms with van der Waals surface area (Å²) in [4.78, 5) is 14.2. The van der Waals surface area contributed by atoms with Gasteiger partial charge in [-0.3, -0.25) is 4.79 Å². The highest BCUT2D eigenvalue weighted by molar-refractivity contribution is 6.32. The Balaban J connectivity index is 1.63. The van der Waals surface area contributed by atoms with Crippen molar-refractivity contribution in [2.45, 2.75) is 25.7 Å². The Kier molecular flexibility index (Phi) is 7.00. The van der Waals surface area contributed by atoms with Gasteiger partial charge in [-0.1, -0.05) is 23.7 Å². The molecule has 0 radical (unpaired) electrons. The first-order chi connectivity index (χ1) is 10.7. The van der Waals surface area contributed by atoms with Crippen molar-refractivity contribution in [3.05, 3.63) is 29.3 Å². The summed E-state index contributed by atoms with van der Waals surface area (Å²) in [6.07, 6.45) is 3.47. The second-order valence-electron chi connectivity index (χ2n) is 5.76. The van der Waals surface area contributed by atoms with Crippen LogP contribution in [0.2, 0.25) is 5.02 Å². The number of nitrogens with one attached hydrogen (secondary N) is 1. The minimum Gasteiger partial charge on any atom is -0.492 e. The van der Waals surface area contributed by atoms with Crippen LogP contribution in [0.1, 0.15) is 25.7 Å². The quantitative estimate of drug-likeness (QED) is 0.784. The van der Waals surface area contributed by atoms with E-state index in [0.717, 1.165) is 38.9 Å². The predicted octanol–water partition coefficient (Wildman–Crippen LogP) is 2.96. The molecule has 1 N–H and O–H groups in total. The number of carbonyl (C=O) groups excluding carboxylic acids is 1. The largest absolute Gasteiger partial charge is 0.492 e. The summed E-state index contributed by atoms with van der Waals surface area (Å²) >= 11 is 6.02. The zero-order valence-electron chi connectivity index (χ0n) is 13.2. The van der Waals surface area contributed by atoms with Gasteiger partial charge in [-0.2, -0.15) is 0 Å². The maximum Gasteiger partial charge on any atom is 0.222 e. The van der Waals surface area contributed by atoms with E-state index in [1.54, 1.807) is 6.07 Å². The van der Waals surface area contributed by atoms with E-state index in [4.69, 9.17) is 16.3 Å². The zero-order chi connectivity index (χ0) is 15.8. The minimum absolute atomic E-state index is 0.241. The van der Waals surface area contributed by atoms with Gasteiger partial charge in [0.2, 0.25) is 5.91 Å². The lowest BCUT2D eigenvalue weighted by Gasteiger charge is -2.32. The molecule has 0 bridgehead atoms. The molecule has 2 rings (SSSR count). The molecule has 0 atom stereocenters. The molecule has 0 spiro atoms. The molecule has 0 saturated carbocycles. The molecule has 1 heterocycles. The smallest absolute Gasteiger partial charge is 0.222 e. The van der Waals surface area contributed by atoms with Crippen LogP contribution < -0.4 is 10.1 Å². The van der Waals surface area contributed by atoms with E-state index >= 15 is 0 Å². The number of ether oxygens (including phenoxy) is 1. The summed E-state index contributed by atoms with van der Waals surface area (Å²) in [5.74, 6) is 1.63. The number of likely N-dealkylation sites (tertiary alicyclic amines) is 1. The van der Waals surface area contributed by atoms with Crippen LogP contribution in [0.3, 0.4) is 0 Å². The molecular weight excluding hydrogens is 300 g/mol. The van der Waals surface area contributed by atoms with Crippen molar-refractivity contribution in [3.8, 4) is 5.75 Å². The molecule has 1 aromatic rings. The summed E-state index contributed by atoms with van der Waals surface area (Å²) in [7, 11) is 1.98. The fourth-order valence-corrected chi connectivity index (χ4v) is 2.99. The second kappa shape index (κ2) is 9.01. The van der Waals surface area contributed by atoms with E-state index in [-0.39, 0.29) is 5.91 Å². The molecule has 1 aliphatic rings. The zero-order valence-corrected chi connectivity index (χ0v) is 13.9. The standard InChI is InChI=1S/C17H25ClN2O2/c1-19-13-14-8-10-20(11-9-14)17(21)7-4-12-22-16-6-3-2-5-15(16)18/h2-3,5-6,14,19H,4,7-13H2,1H3. The van der Waals surface area contributed by atoms with Gasteiger partial charge in [0.05, 0.1) is 11.6 Å². The number of hydrogen-bond donors (Lipinski definition) is 1. The number of piperidine rings is 1. The Bertz CT molecular complexity index is 473. The normalized spacial score (nSPS) is 15.8. The third-order valence-electron chi connectivity index (χ3n) is 4.09. The average Bonchev–Trinajstić information content (AvgIpc) is 2.54. The Hall–Kier alpha value is -1.26. The van der Waals surface area contributed by atoms with Crippen molar-refractivity contribution in [2.75, 3.05) is 33.3 Å². The highest BCUT2D eigenvalue weighted by atomic mass is 35.5. The van der Waals surface area contributed by atoms with Crippen molar-refractivity contribution < 1.29 is 9.53 Å². The number of benzene rings is 1. The lowest BCUT2D eigenvalue weighted by Crippen LogP contribution is -2.40. The Labute approximate surface area is 137 Å². The van der Waals surface area contributed by atoms with Crippen molar-refractivity contribution in [1.29, 1.82) is 0 Å². The third-order valence-corrected chi connectivity index (χ3v) is 4.40. The van der Waals surface area contributed by atoms with Gasteiger partial charge in [-0.05, 0) is 50.9 Å². The van der Waals surface area contributed by atoms with E-state index in [9.17, 15) is 4.79 Å². The van der Waals surface area contributed by atoms with Crippen LogP contribution in [0, 0.1) is 5.92 Å². The molecule has 22 heavy (non-hydrogen) atoms. The lowest BCUT2D eigenvalue weighted by atomic mass is 9.96. The topological polar surface area (TPSA) is 41.6 Å². The fourth-order valence-electron chi connectivity index (χ4n) is 2.80. The van der Waals surface area contributed by atoms with Crippen molar-refractivity contribution in [3.63, 3.8) is 0 Å². The van der Waals surface area contributed by atoms with Crippen LogP contribution in [0.4, 0.5) is 0 Å². The minimum atomic E-state index is 0.241. The van der Waals surface area contributed by atoms with Crippen molar-refractivity contribution in [1.82, 2.24) is 10.2 Å². The maximum absolute atomic E-state index is 12.2. The van der Waals surface area contributed by atoms with Crippen molar-refractivity contribution >= 4 is 17.5 Å². The van der Waals surface area contributed by atoms with Crippen LogP contribution in [-0.4, -0.2) is 44.1 Å². The van der Waals surface area contributed by atoms with Gasteiger partial charge < -0.3 is 15.0 Å². The monoisotopic (exact) mass is 324 g/mol. The van der Waals surface area contributed by atoms with Gasteiger partial charge in [0.25, 0.3) is 0 Å². The molecule has 1 aromatic carbocycles. The molecule has 5 heteroatoms. The molecule has 122 valence electrons. The highest BCUT2D eigenvalue weighted by Crippen LogP contribution is 2.23. The number of rotatable bonds is 7. The molecule has 1 saturated heterocycles. The summed E-state index contributed by atoms with van der Waals surface area (Å²) in [5, 5.41) is 3.82. The van der Waals surface area contributed by atoms with Gasteiger partial charge in [0.15, 0.2) is 0 Å². The maximum atomic E-state index is 12.2. The Morgan fingerprint density at radius 3 is 2.77 bits per heavy atom. The number of hydrogen-bond acceptors (Lipinski definition) is 3. The molecule has 1 aliphatic heterocycles. The molecule has 1 fully saturated rings. The first-order valence-corrected chi connectivity index (χ1v) is 8.38. The van der Waals surface area contributed by atoms with Gasteiger partial charge in [0.1, 0.15) is 5.75 Å². The third kappa shape index (κ3) is 5.18. The molecule has 0 unspecified atom stereocenters. The number of amides is 1. The molecular formula is C17H25ClN2O2. The molecule has 1 amide bonds. The number of carbonyl (C=O) groups is 1. The predicted molar refractivity (Wildman–Crippen MR) is 89.4 cm³/mol. The van der Waals surface area contributed by atoms with E-state index in [0.29, 0.717) is 29.7 Å².